The van der Waals surface area contributed by atoms with Gasteiger partial charge in [0.25, 0.3) is 5.91 Å². The van der Waals surface area contributed by atoms with Crippen molar-refractivity contribution in [2.75, 3.05) is 7.11 Å². The summed E-state index contributed by atoms with van der Waals surface area (Å²) in [4.78, 5) is 17.0. The van der Waals surface area contributed by atoms with Gasteiger partial charge in [0.05, 0.1) is 17.7 Å². The van der Waals surface area contributed by atoms with E-state index in [1.807, 2.05) is 24.3 Å². The van der Waals surface area contributed by atoms with Gasteiger partial charge >= 0.3 is 0 Å². The van der Waals surface area contributed by atoms with Gasteiger partial charge in [0.2, 0.25) is 0 Å². The third-order valence-corrected chi connectivity index (χ3v) is 4.68. The van der Waals surface area contributed by atoms with Crippen LogP contribution in [-0.4, -0.2) is 18.2 Å². The molecule has 1 amide bonds. The molecule has 0 atom stereocenters. The number of rotatable bonds is 3. The fraction of sp³-hybridized carbons (Fsp3) is 0.0588. The van der Waals surface area contributed by atoms with Gasteiger partial charge < -0.3 is 10.1 Å². The minimum absolute atomic E-state index is 0.210. The van der Waals surface area contributed by atoms with E-state index in [2.05, 4.69) is 10.3 Å². The molecule has 0 aliphatic carbocycles. The zero-order valence-corrected chi connectivity index (χ0v) is 14.9. The van der Waals surface area contributed by atoms with Crippen molar-refractivity contribution in [1.82, 2.24) is 5.32 Å². The Kier molecular flexibility index (Phi) is 5.14. The second kappa shape index (κ2) is 7.30. The number of aliphatic imine (C=N–C) groups is 1. The quantitative estimate of drug-likeness (QED) is 0.773. The van der Waals surface area contributed by atoms with Gasteiger partial charge in [-0.05, 0) is 59.8 Å². The van der Waals surface area contributed by atoms with Crippen LogP contribution in [0.4, 0.5) is 5.69 Å². The summed E-state index contributed by atoms with van der Waals surface area (Å²) < 4.78 is 5.10. The number of nitrogens with zero attached hydrogens (tertiary/aromatic N) is 1. The van der Waals surface area contributed by atoms with Crippen LogP contribution in [0.25, 0.3) is 6.08 Å². The number of carbonyl (C=O) groups excluding carboxylic acids is 1. The van der Waals surface area contributed by atoms with E-state index in [1.54, 1.807) is 31.4 Å². The summed E-state index contributed by atoms with van der Waals surface area (Å²) in [5, 5.41) is 4.29. The van der Waals surface area contributed by atoms with Crippen LogP contribution in [-0.2, 0) is 4.79 Å². The van der Waals surface area contributed by atoms with Gasteiger partial charge in [-0.25, -0.2) is 4.99 Å². The van der Waals surface area contributed by atoms with Crippen molar-refractivity contribution < 1.29 is 9.53 Å². The number of carbonyl (C=O) groups is 1. The summed E-state index contributed by atoms with van der Waals surface area (Å²) in [7, 11) is 1.60. The lowest BCUT2D eigenvalue weighted by molar-refractivity contribution is -0.115. The third kappa shape index (κ3) is 3.93. The molecule has 7 heteroatoms. The zero-order valence-electron chi connectivity index (χ0n) is 12.5. The van der Waals surface area contributed by atoms with Crippen molar-refractivity contribution in [1.29, 1.82) is 0 Å². The lowest BCUT2D eigenvalue weighted by Crippen LogP contribution is -2.19. The highest BCUT2D eigenvalue weighted by Gasteiger charge is 2.24. The Labute approximate surface area is 153 Å². The number of ether oxygens (including phenoxy) is 1. The minimum Gasteiger partial charge on any atom is -0.497 e. The van der Waals surface area contributed by atoms with Crippen LogP contribution in [0, 0.1) is 0 Å². The van der Waals surface area contributed by atoms with E-state index in [0.717, 1.165) is 17.0 Å². The number of amides is 1. The standard InChI is InChI=1S/C17H12Cl2N2O2S/c1-23-13-6-4-12(5-7-13)20-17-21-16(22)15(24-17)8-10-2-3-11(18)9-14(10)19/h2-9H,1H3,(H,20,21,22)/b15-8-. The molecule has 0 aromatic heterocycles. The number of benzene rings is 2. The molecule has 0 radical (unpaired) electrons. The molecule has 1 N–H and O–H groups in total. The largest absolute Gasteiger partial charge is 0.497 e. The molecule has 0 unspecified atom stereocenters. The number of amidine groups is 1. The molecule has 1 fully saturated rings. The highest BCUT2D eigenvalue weighted by atomic mass is 35.5. The summed E-state index contributed by atoms with van der Waals surface area (Å²) in [5.41, 5.74) is 1.45. The van der Waals surface area contributed by atoms with Gasteiger partial charge in [-0.3, -0.25) is 4.79 Å². The molecule has 24 heavy (non-hydrogen) atoms. The first-order valence-electron chi connectivity index (χ1n) is 6.94. The molecule has 4 nitrogen and oxygen atoms in total. The summed E-state index contributed by atoms with van der Waals surface area (Å²) in [6.07, 6.45) is 1.72. The van der Waals surface area contributed by atoms with Crippen molar-refractivity contribution >= 4 is 57.8 Å². The van der Waals surface area contributed by atoms with Gasteiger partial charge in [0, 0.05) is 10.0 Å². The van der Waals surface area contributed by atoms with Gasteiger partial charge in [0.15, 0.2) is 5.17 Å². The Bertz CT molecular complexity index is 848. The maximum Gasteiger partial charge on any atom is 0.264 e. The number of hydrogen-bond donors (Lipinski definition) is 1. The van der Waals surface area contributed by atoms with Crippen LogP contribution in [0.5, 0.6) is 5.75 Å². The fourth-order valence-corrected chi connectivity index (χ4v) is 3.31. The second-order valence-electron chi connectivity index (χ2n) is 4.85. The molecule has 2 aromatic rings. The molecule has 0 bridgehead atoms. The second-order valence-corrected chi connectivity index (χ2v) is 6.72. The van der Waals surface area contributed by atoms with E-state index in [4.69, 9.17) is 27.9 Å². The molecule has 1 aliphatic rings. The highest BCUT2D eigenvalue weighted by molar-refractivity contribution is 8.18. The SMILES string of the molecule is COc1ccc(N=C2NC(=O)/C(=C/c3ccc(Cl)cc3Cl)S2)cc1. The molecule has 3 rings (SSSR count). The monoisotopic (exact) mass is 378 g/mol. The molecular weight excluding hydrogens is 367 g/mol. The summed E-state index contributed by atoms with van der Waals surface area (Å²) in [5.74, 6) is 0.540. The number of halogens is 2. The number of hydrogen-bond acceptors (Lipinski definition) is 4. The zero-order chi connectivity index (χ0) is 17.1. The average molecular weight is 379 g/mol. The molecule has 1 heterocycles. The maximum absolute atomic E-state index is 12.1. The maximum atomic E-state index is 12.1. The first-order valence-corrected chi connectivity index (χ1v) is 8.51. The normalized spacial score (nSPS) is 17.4. The first kappa shape index (κ1) is 16.9. The summed E-state index contributed by atoms with van der Waals surface area (Å²) >= 11 is 13.3. The molecule has 0 saturated carbocycles. The van der Waals surface area contributed by atoms with Gasteiger partial charge in [-0.2, -0.15) is 0 Å². The van der Waals surface area contributed by atoms with E-state index < -0.39 is 0 Å². The molecule has 2 aromatic carbocycles. The Hall–Kier alpha value is -1.95. The van der Waals surface area contributed by atoms with Gasteiger partial charge in [0.1, 0.15) is 5.75 Å². The highest BCUT2D eigenvalue weighted by Crippen LogP contribution is 2.31. The van der Waals surface area contributed by atoms with E-state index in [-0.39, 0.29) is 5.91 Å². The van der Waals surface area contributed by atoms with Crippen LogP contribution in [0.1, 0.15) is 5.56 Å². The van der Waals surface area contributed by atoms with Crippen molar-refractivity contribution in [3.63, 3.8) is 0 Å². The Balaban J connectivity index is 1.82. The van der Waals surface area contributed by atoms with E-state index >= 15 is 0 Å². The first-order chi connectivity index (χ1) is 11.5. The van der Waals surface area contributed by atoms with Crippen LogP contribution in [0.15, 0.2) is 52.4 Å². The summed E-state index contributed by atoms with van der Waals surface area (Å²) in [6.45, 7) is 0. The number of thioether (sulfide) groups is 1. The topological polar surface area (TPSA) is 50.7 Å². The number of methoxy groups -OCH3 is 1. The summed E-state index contributed by atoms with van der Waals surface area (Å²) in [6, 6.07) is 12.4. The lowest BCUT2D eigenvalue weighted by atomic mass is 10.2. The number of nitrogens with one attached hydrogen (secondary N) is 1. The van der Waals surface area contributed by atoms with Crippen LogP contribution < -0.4 is 10.1 Å². The fourth-order valence-electron chi connectivity index (χ4n) is 2.01. The minimum atomic E-state index is -0.210. The molecule has 1 saturated heterocycles. The van der Waals surface area contributed by atoms with Crippen molar-refractivity contribution in [2.45, 2.75) is 0 Å². The molecule has 1 aliphatic heterocycles. The Morgan fingerprint density at radius 2 is 1.92 bits per heavy atom. The Morgan fingerprint density at radius 3 is 2.58 bits per heavy atom. The molecule has 122 valence electrons. The smallest absolute Gasteiger partial charge is 0.264 e. The van der Waals surface area contributed by atoms with Crippen molar-refractivity contribution in [3.05, 3.63) is 63.0 Å². The Morgan fingerprint density at radius 1 is 1.17 bits per heavy atom. The van der Waals surface area contributed by atoms with Gasteiger partial charge in [-0.1, -0.05) is 29.3 Å². The van der Waals surface area contributed by atoms with E-state index in [9.17, 15) is 4.79 Å². The predicted octanol–water partition coefficient (Wildman–Crippen LogP) is 4.89. The molecule has 0 spiro atoms. The van der Waals surface area contributed by atoms with Crippen molar-refractivity contribution in [3.8, 4) is 5.75 Å². The van der Waals surface area contributed by atoms with Crippen LogP contribution >= 0.6 is 35.0 Å². The predicted molar refractivity (Wildman–Crippen MR) is 100 cm³/mol. The average Bonchev–Trinajstić information content (AvgIpc) is 2.90. The molecular formula is C17H12Cl2N2O2S. The van der Waals surface area contributed by atoms with Crippen molar-refractivity contribution in [2.24, 2.45) is 4.99 Å². The lowest BCUT2D eigenvalue weighted by Gasteiger charge is -2.00. The van der Waals surface area contributed by atoms with E-state index in [1.165, 1.54) is 11.8 Å². The third-order valence-electron chi connectivity index (χ3n) is 3.20. The van der Waals surface area contributed by atoms with Gasteiger partial charge in [-0.15, -0.1) is 0 Å². The van der Waals surface area contributed by atoms with Crippen LogP contribution in [0.3, 0.4) is 0 Å². The van der Waals surface area contributed by atoms with E-state index in [0.29, 0.717) is 20.1 Å². The van der Waals surface area contributed by atoms with Crippen LogP contribution in [0.2, 0.25) is 10.0 Å².